The highest BCUT2D eigenvalue weighted by Crippen LogP contribution is 2.47. The van der Waals surface area contributed by atoms with E-state index in [1.54, 1.807) is 0 Å². The van der Waals surface area contributed by atoms with Gasteiger partial charge in [0.1, 0.15) is 0 Å². The number of halogens is 1. The van der Waals surface area contributed by atoms with E-state index in [0.717, 1.165) is 18.5 Å². The van der Waals surface area contributed by atoms with Crippen molar-refractivity contribution >= 4 is 15.9 Å². The van der Waals surface area contributed by atoms with Gasteiger partial charge in [0, 0.05) is 18.5 Å². The Morgan fingerprint density at radius 3 is 2.39 bits per heavy atom. The van der Waals surface area contributed by atoms with Crippen LogP contribution in [0.3, 0.4) is 0 Å². The summed E-state index contributed by atoms with van der Waals surface area (Å²) in [4.78, 5) is 0. The van der Waals surface area contributed by atoms with E-state index in [-0.39, 0.29) is 0 Å². The van der Waals surface area contributed by atoms with Gasteiger partial charge in [-0.1, -0.05) is 28.8 Å². The van der Waals surface area contributed by atoms with Crippen LogP contribution < -0.4 is 0 Å². The lowest BCUT2D eigenvalue weighted by atomic mass is 9.77. The molecule has 2 saturated heterocycles. The second-order valence-corrected chi connectivity index (χ2v) is 7.18. The Labute approximate surface area is 119 Å². The molecule has 0 N–H and O–H groups in total. The van der Waals surface area contributed by atoms with E-state index in [2.05, 4.69) is 15.9 Å². The lowest BCUT2D eigenvalue weighted by molar-refractivity contribution is -0.0655. The highest BCUT2D eigenvalue weighted by Gasteiger charge is 2.45. The summed E-state index contributed by atoms with van der Waals surface area (Å²) in [5.74, 6) is 0. The van der Waals surface area contributed by atoms with Gasteiger partial charge in [-0.2, -0.15) is 0 Å². The molecule has 2 nitrogen and oxygen atoms in total. The van der Waals surface area contributed by atoms with Crippen LogP contribution in [-0.2, 0) is 9.47 Å². The summed E-state index contributed by atoms with van der Waals surface area (Å²) in [6, 6.07) is 0. The van der Waals surface area contributed by atoms with Crippen LogP contribution in [0.4, 0.5) is 0 Å². The molecule has 0 amide bonds. The molecule has 3 heteroatoms. The molecule has 2 heterocycles. The molecular weight excluding hydrogens is 292 g/mol. The minimum absolute atomic E-state index is 0.295. The quantitative estimate of drug-likeness (QED) is 0.731. The van der Waals surface area contributed by atoms with Crippen LogP contribution in [0.25, 0.3) is 0 Å². The largest absolute Gasteiger partial charge is 0.381 e. The van der Waals surface area contributed by atoms with Crippen molar-refractivity contribution in [1.82, 2.24) is 0 Å². The van der Waals surface area contributed by atoms with Gasteiger partial charge in [-0.05, 0) is 50.4 Å². The maximum absolute atomic E-state index is 6.48. The van der Waals surface area contributed by atoms with Crippen molar-refractivity contribution in [3.63, 3.8) is 0 Å². The summed E-state index contributed by atoms with van der Waals surface area (Å²) in [6.07, 6.45) is 12.1. The Kier molecular flexibility index (Phi) is 4.03. The Morgan fingerprint density at radius 1 is 1.00 bits per heavy atom. The fourth-order valence-electron chi connectivity index (χ4n) is 4.11. The smallest absolute Gasteiger partial charge is 0.0687 e. The molecule has 0 radical (unpaired) electrons. The van der Waals surface area contributed by atoms with Crippen molar-refractivity contribution in [3.05, 3.63) is 0 Å². The zero-order valence-corrected chi connectivity index (χ0v) is 12.8. The van der Waals surface area contributed by atoms with E-state index >= 15 is 0 Å². The molecule has 104 valence electrons. The summed E-state index contributed by atoms with van der Waals surface area (Å²) in [7, 11) is 0. The maximum Gasteiger partial charge on any atom is 0.0687 e. The van der Waals surface area contributed by atoms with Crippen LogP contribution in [0.2, 0.25) is 0 Å². The minimum Gasteiger partial charge on any atom is -0.381 e. The lowest BCUT2D eigenvalue weighted by Gasteiger charge is -2.38. The Balaban J connectivity index is 1.59. The van der Waals surface area contributed by atoms with Crippen LogP contribution in [0.15, 0.2) is 0 Å². The zero-order valence-electron chi connectivity index (χ0n) is 11.3. The first-order valence-corrected chi connectivity index (χ1v) is 8.70. The highest BCUT2D eigenvalue weighted by molar-refractivity contribution is 9.09. The molecule has 2 aliphatic heterocycles. The molecule has 3 aliphatic rings. The van der Waals surface area contributed by atoms with Gasteiger partial charge in [0.25, 0.3) is 0 Å². The molecule has 3 rings (SSSR count). The van der Waals surface area contributed by atoms with Gasteiger partial charge in [0.15, 0.2) is 0 Å². The van der Waals surface area contributed by atoms with Crippen molar-refractivity contribution in [3.8, 4) is 0 Å². The van der Waals surface area contributed by atoms with Crippen molar-refractivity contribution in [2.24, 2.45) is 5.41 Å². The molecule has 1 spiro atoms. The van der Waals surface area contributed by atoms with Gasteiger partial charge in [0.2, 0.25) is 0 Å². The Hall–Kier alpha value is 0.400. The van der Waals surface area contributed by atoms with Gasteiger partial charge in [-0.15, -0.1) is 0 Å². The van der Waals surface area contributed by atoms with Crippen molar-refractivity contribution in [2.45, 2.75) is 69.5 Å². The molecule has 1 saturated carbocycles. The maximum atomic E-state index is 6.48. The second kappa shape index (κ2) is 5.41. The van der Waals surface area contributed by atoms with E-state index in [0.29, 0.717) is 17.1 Å². The molecule has 0 aromatic carbocycles. The fraction of sp³-hybridized carbons (Fsp3) is 1.00. The minimum atomic E-state index is 0.295. The Bertz CT molecular complexity index is 280. The molecule has 0 bridgehead atoms. The van der Waals surface area contributed by atoms with Crippen LogP contribution in [0.5, 0.6) is 0 Å². The molecule has 1 unspecified atom stereocenters. The van der Waals surface area contributed by atoms with Gasteiger partial charge in [-0.25, -0.2) is 0 Å². The summed E-state index contributed by atoms with van der Waals surface area (Å²) >= 11 is 3.74. The predicted octanol–water partition coefficient (Wildman–Crippen LogP) is 4.06. The van der Waals surface area contributed by atoms with Crippen LogP contribution in [0, 0.1) is 5.41 Å². The second-order valence-electron chi connectivity index (χ2n) is 6.62. The average Bonchev–Trinajstić information content (AvgIpc) is 3.02. The zero-order chi connectivity index (χ0) is 12.5. The molecule has 1 atom stereocenters. The monoisotopic (exact) mass is 316 g/mol. The molecule has 3 fully saturated rings. The summed E-state index contributed by atoms with van der Waals surface area (Å²) in [5.41, 5.74) is 0.733. The van der Waals surface area contributed by atoms with Crippen LogP contribution in [-0.4, -0.2) is 30.2 Å². The van der Waals surface area contributed by atoms with E-state index in [9.17, 15) is 0 Å². The predicted molar refractivity (Wildman–Crippen MR) is 76.2 cm³/mol. The van der Waals surface area contributed by atoms with Crippen molar-refractivity contribution in [2.75, 3.05) is 18.5 Å². The van der Waals surface area contributed by atoms with E-state index in [1.165, 1.54) is 57.8 Å². The molecule has 18 heavy (non-hydrogen) atoms. The van der Waals surface area contributed by atoms with Crippen LogP contribution in [0.1, 0.15) is 57.8 Å². The molecule has 0 aromatic rings. The topological polar surface area (TPSA) is 18.5 Å². The third kappa shape index (κ3) is 2.64. The first-order valence-electron chi connectivity index (χ1n) is 7.58. The van der Waals surface area contributed by atoms with Gasteiger partial charge < -0.3 is 9.47 Å². The number of hydrogen-bond donors (Lipinski definition) is 0. The van der Waals surface area contributed by atoms with Gasteiger partial charge in [0.05, 0.1) is 11.7 Å². The van der Waals surface area contributed by atoms with E-state index < -0.39 is 0 Å². The third-order valence-electron chi connectivity index (χ3n) is 5.35. The van der Waals surface area contributed by atoms with Gasteiger partial charge >= 0.3 is 0 Å². The van der Waals surface area contributed by atoms with Crippen molar-refractivity contribution in [1.29, 1.82) is 0 Å². The molecular formula is C15H25BrO2. The Morgan fingerprint density at radius 2 is 1.72 bits per heavy atom. The lowest BCUT2D eigenvalue weighted by Crippen LogP contribution is -2.35. The summed E-state index contributed by atoms with van der Waals surface area (Å²) < 4.78 is 12.0. The number of ether oxygens (including phenoxy) is 2. The molecule has 0 aromatic heterocycles. The van der Waals surface area contributed by atoms with Crippen molar-refractivity contribution < 1.29 is 9.47 Å². The van der Waals surface area contributed by atoms with E-state index in [4.69, 9.17) is 9.47 Å². The van der Waals surface area contributed by atoms with Crippen LogP contribution >= 0.6 is 15.9 Å². The first kappa shape index (κ1) is 13.4. The number of rotatable bonds is 3. The van der Waals surface area contributed by atoms with Gasteiger partial charge in [-0.3, -0.25) is 0 Å². The first-order chi connectivity index (χ1) is 8.76. The fourth-order valence-corrected chi connectivity index (χ4v) is 4.90. The normalized spacial score (nSPS) is 34.2. The third-order valence-corrected chi connectivity index (χ3v) is 6.54. The summed E-state index contributed by atoms with van der Waals surface area (Å²) in [5, 5.41) is 1.11. The number of alkyl halides is 1. The molecule has 1 aliphatic carbocycles. The average molecular weight is 317 g/mol. The SMILES string of the molecule is BrCC1(CC2CCC3(CCCC3)O2)CCOCC1. The highest BCUT2D eigenvalue weighted by atomic mass is 79.9. The van der Waals surface area contributed by atoms with E-state index in [1.807, 2.05) is 0 Å². The summed E-state index contributed by atoms with van der Waals surface area (Å²) in [6.45, 7) is 1.87. The standard InChI is InChI=1S/C15H25BrO2/c16-12-14(7-9-17-10-8-14)11-13-3-6-15(18-13)4-1-2-5-15/h13H,1-12H2. The number of hydrogen-bond acceptors (Lipinski definition) is 2.